The van der Waals surface area contributed by atoms with Gasteiger partial charge in [-0.25, -0.2) is 0 Å². The van der Waals surface area contributed by atoms with Crippen LogP contribution in [0.3, 0.4) is 0 Å². The minimum Gasteiger partial charge on any atom is -0.287 e. The van der Waals surface area contributed by atoms with Gasteiger partial charge in [-0.15, -0.1) is 10.2 Å². The predicted octanol–water partition coefficient (Wildman–Crippen LogP) is 0.402. The molecule has 0 unspecified atom stereocenters. The predicted molar refractivity (Wildman–Crippen MR) is 50.3 cm³/mol. The fraction of sp³-hybridized carbons (Fsp3) is 0.100. The van der Waals surface area contributed by atoms with Gasteiger partial charge in [-0.05, 0) is 16.0 Å². The number of benzene rings is 1. The Morgan fingerprint density at radius 1 is 1.07 bits per heavy atom. The molecule has 1 aliphatic rings. The molecular weight excluding hydrogens is 192 g/mol. The summed E-state index contributed by atoms with van der Waals surface area (Å²) in [6.45, 7) is 0. The molecule has 1 heterocycles. The monoisotopic (exact) mass is 198 g/mol. The lowest BCUT2D eigenvalue weighted by atomic mass is 9.91. The van der Waals surface area contributed by atoms with Gasteiger partial charge in [0.1, 0.15) is 5.69 Å². The molecule has 0 N–H and O–H groups in total. The van der Waals surface area contributed by atoms with Crippen molar-refractivity contribution in [2.45, 2.75) is 6.42 Å². The Balaban J connectivity index is 2.24. The first kappa shape index (κ1) is 8.16. The topological polar surface area (TPSA) is 68.6 Å². The highest BCUT2D eigenvalue weighted by atomic mass is 16.1. The molecule has 0 atom stereocenters. The highest BCUT2D eigenvalue weighted by Gasteiger charge is 2.25. The van der Waals surface area contributed by atoms with E-state index < -0.39 is 0 Å². The Labute approximate surface area is 85.2 Å². The second-order valence-corrected chi connectivity index (χ2v) is 3.34. The summed E-state index contributed by atoms with van der Waals surface area (Å²) >= 11 is 0. The van der Waals surface area contributed by atoms with Crippen molar-refractivity contribution in [2.24, 2.45) is 0 Å². The summed E-state index contributed by atoms with van der Waals surface area (Å²) in [5, 5.41) is 14.4. The van der Waals surface area contributed by atoms with Crippen molar-refractivity contribution in [3.63, 3.8) is 0 Å². The molecule has 15 heavy (non-hydrogen) atoms. The molecule has 0 spiro atoms. The molecule has 2 aromatic rings. The Hall–Kier alpha value is -2.17. The Morgan fingerprint density at radius 3 is 2.80 bits per heavy atom. The molecule has 1 aliphatic carbocycles. The summed E-state index contributed by atoms with van der Waals surface area (Å²) in [5.41, 5.74) is 2.59. The molecule has 0 aliphatic heterocycles. The highest BCUT2D eigenvalue weighted by Crippen LogP contribution is 2.22. The molecule has 0 saturated carbocycles. The van der Waals surface area contributed by atoms with Crippen LogP contribution in [-0.4, -0.2) is 26.4 Å². The molecule has 0 radical (unpaired) electrons. The minimum atomic E-state index is -0.116. The molecule has 5 heteroatoms. The van der Waals surface area contributed by atoms with Crippen LogP contribution in [0.4, 0.5) is 0 Å². The number of carbonyl (C=O) groups is 1. The lowest BCUT2D eigenvalue weighted by molar-refractivity contribution is 0.102. The molecule has 3 rings (SSSR count). The third kappa shape index (κ3) is 1.13. The standard InChI is InChI=1S/C10H6N4O/c15-10-7-4-2-1-3-6(7)5-8-9(10)12-14-13-11-8/h1-4H,5H2. The van der Waals surface area contributed by atoms with Crippen LogP contribution in [-0.2, 0) is 6.42 Å². The van der Waals surface area contributed by atoms with Crippen LogP contribution in [0.5, 0.6) is 0 Å². The maximum Gasteiger partial charge on any atom is 0.215 e. The highest BCUT2D eigenvalue weighted by molar-refractivity contribution is 6.10. The zero-order chi connectivity index (χ0) is 10.3. The number of fused-ring (bicyclic) bond motifs is 2. The Morgan fingerprint density at radius 2 is 1.87 bits per heavy atom. The van der Waals surface area contributed by atoms with E-state index in [1.807, 2.05) is 18.2 Å². The molecule has 0 amide bonds. The van der Waals surface area contributed by atoms with Gasteiger partial charge in [-0.3, -0.25) is 4.79 Å². The molecule has 0 bridgehead atoms. The van der Waals surface area contributed by atoms with Crippen LogP contribution < -0.4 is 0 Å². The number of hydrogen-bond acceptors (Lipinski definition) is 5. The minimum absolute atomic E-state index is 0.116. The number of rotatable bonds is 0. The molecule has 1 aromatic carbocycles. The van der Waals surface area contributed by atoms with Crippen molar-refractivity contribution in [2.75, 3.05) is 0 Å². The average molecular weight is 198 g/mol. The first-order valence-electron chi connectivity index (χ1n) is 4.54. The molecule has 72 valence electrons. The van der Waals surface area contributed by atoms with Crippen LogP contribution >= 0.6 is 0 Å². The first-order valence-corrected chi connectivity index (χ1v) is 4.54. The quantitative estimate of drug-likeness (QED) is 0.523. The summed E-state index contributed by atoms with van der Waals surface area (Å²) in [6, 6.07) is 7.45. The van der Waals surface area contributed by atoms with E-state index >= 15 is 0 Å². The summed E-state index contributed by atoms with van der Waals surface area (Å²) < 4.78 is 0. The van der Waals surface area contributed by atoms with Crippen molar-refractivity contribution < 1.29 is 4.79 Å². The number of ketones is 1. The maximum absolute atomic E-state index is 11.9. The smallest absolute Gasteiger partial charge is 0.215 e. The third-order valence-electron chi connectivity index (χ3n) is 2.46. The van der Waals surface area contributed by atoms with Gasteiger partial charge < -0.3 is 0 Å². The van der Waals surface area contributed by atoms with Crippen molar-refractivity contribution in [1.82, 2.24) is 20.6 Å². The van der Waals surface area contributed by atoms with Gasteiger partial charge in [-0.2, -0.15) is 0 Å². The van der Waals surface area contributed by atoms with E-state index in [0.717, 1.165) is 5.56 Å². The summed E-state index contributed by atoms with van der Waals surface area (Å²) in [6.07, 6.45) is 0.597. The Bertz CT molecular complexity index is 505. The first-order chi connectivity index (χ1) is 7.36. The van der Waals surface area contributed by atoms with Crippen LogP contribution in [0.15, 0.2) is 24.3 Å². The van der Waals surface area contributed by atoms with E-state index in [4.69, 9.17) is 0 Å². The molecule has 1 aromatic heterocycles. The van der Waals surface area contributed by atoms with E-state index in [1.165, 1.54) is 0 Å². The average Bonchev–Trinajstić information content (AvgIpc) is 2.30. The summed E-state index contributed by atoms with van der Waals surface area (Å²) in [7, 11) is 0. The van der Waals surface area contributed by atoms with E-state index in [-0.39, 0.29) is 5.78 Å². The second-order valence-electron chi connectivity index (χ2n) is 3.34. The van der Waals surface area contributed by atoms with Gasteiger partial charge >= 0.3 is 0 Å². The molecule has 0 saturated heterocycles. The van der Waals surface area contributed by atoms with E-state index in [1.54, 1.807) is 6.07 Å². The van der Waals surface area contributed by atoms with Crippen LogP contribution in [0, 0.1) is 0 Å². The van der Waals surface area contributed by atoms with Crippen LogP contribution in [0.25, 0.3) is 0 Å². The van der Waals surface area contributed by atoms with Crippen molar-refractivity contribution in [3.05, 3.63) is 46.8 Å². The van der Waals surface area contributed by atoms with Gasteiger partial charge in [-0.1, -0.05) is 24.3 Å². The van der Waals surface area contributed by atoms with Crippen molar-refractivity contribution in [3.8, 4) is 0 Å². The van der Waals surface area contributed by atoms with Gasteiger partial charge in [0.25, 0.3) is 0 Å². The van der Waals surface area contributed by atoms with Crippen LogP contribution in [0.2, 0.25) is 0 Å². The number of hydrogen-bond donors (Lipinski definition) is 0. The maximum atomic E-state index is 11.9. The fourth-order valence-electron chi connectivity index (χ4n) is 1.74. The van der Waals surface area contributed by atoms with Gasteiger partial charge in [0.05, 0.1) is 0 Å². The molecule has 0 fully saturated rings. The SMILES string of the molecule is O=C1c2ccccc2Cc2nnnnc21. The zero-order valence-corrected chi connectivity index (χ0v) is 7.71. The van der Waals surface area contributed by atoms with Crippen LogP contribution in [0.1, 0.15) is 27.3 Å². The normalized spacial score (nSPS) is 13.2. The number of carbonyl (C=O) groups excluding carboxylic acids is 1. The number of nitrogens with zero attached hydrogens (tertiary/aromatic N) is 4. The van der Waals surface area contributed by atoms with E-state index in [0.29, 0.717) is 23.4 Å². The molecular formula is C10H6N4O. The van der Waals surface area contributed by atoms with Crippen molar-refractivity contribution in [1.29, 1.82) is 0 Å². The summed E-state index contributed by atoms with van der Waals surface area (Å²) in [4.78, 5) is 11.9. The third-order valence-corrected chi connectivity index (χ3v) is 2.46. The second kappa shape index (κ2) is 2.91. The Kier molecular flexibility index (Phi) is 1.58. The lowest BCUT2D eigenvalue weighted by Crippen LogP contribution is -2.19. The van der Waals surface area contributed by atoms with Crippen molar-refractivity contribution >= 4 is 5.78 Å². The lowest BCUT2D eigenvalue weighted by Gasteiger charge is -2.14. The zero-order valence-electron chi connectivity index (χ0n) is 7.71. The number of aromatic nitrogens is 4. The van der Waals surface area contributed by atoms with Gasteiger partial charge in [0.15, 0.2) is 5.69 Å². The van der Waals surface area contributed by atoms with Gasteiger partial charge in [0.2, 0.25) is 5.78 Å². The largest absolute Gasteiger partial charge is 0.287 e. The van der Waals surface area contributed by atoms with Gasteiger partial charge in [0, 0.05) is 12.0 Å². The van der Waals surface area contributed by atoms with E-state index in [9.17, 15) is 4.79 Å². The van der Waals surface area contributed by atoms with E-state index in [2.05, 4.69) is 20.6 Å². The summed E-state index contributed by atoms with van der Waals surface area (Å²) in [5.74, 6) is -0.116. The fourth-order valence-corrected chi connectivity index (χ4v) is 1.74. The molecule has 5 nitrogen and oxygen atoms in total.